The first-order valence-electron chi connectivity index (χ1n) is 20.5. The predicted molar refractivity (Wildman–Crippen MR) is 230 cm³/mol. The first-order chi connectivity index (χ1) is 28.9. The minimum absolute atomic E-state index is 0.110. The van der Waals surface area contributed by atoms with Crippen molar-refractivity contribution in [3.8, 4) is 22.4 Å². The normalized spacial score (nSPS) is 19.8. The van der Waals surface area contributed by atoms with E-state index in [2.05, 4.69) is 81.1 Å². The second kappa shape index (κ2) is 17.8. The SMILES string of the molecule is [C-]#[N+][C@@H]1C[C@@H](C2=NC=C(c3ccc(-c4ccc5cc(-c6cnc([C@@H]7CCCN7C(=O)[C@@H](NC(=O)OC)C(C)C)[nH]6)ccc5c4)cc3)C2)N(C(=O)[C@@H](NC(=O)OC)C(C)C)C1. The molecular formula is C46H52N8O6. The smallest absolute Gasteiger partial charge is 0.407 e. The Bertz CT molecular complexity index is 2380. The minimum atomic E-state index is -0.773. The number of hydrogen-bond donors (Lipinski definition) is 3. The highest BCUT2D eigenvalue weighted by Crippen LogP contribution is 2.35. The second-order valence-corrected chi connectivity index (χ2v) is 16.4. The van der Waals surface area contributed by atoms with Crippen LogP contribution in [0.25, 0.3) is 43.6 Å². The topological polar surface area (TPSA) is 163 Å². The van der Waals surface area contributed by atoms with Crippen LogP contribution in [0.15, 0.2) is 78.1 Å². The zero-order valence-corrected chi connectivity index (χ0v) is 34.9. The Morgan fingerprint density at radius 3 is 2.00 bits per heavy atom. The first kappa shape index (κ1) is 41.7. The summed E-state index contributed by atoms with van der Waals surface area (Å²) in [6, 6.07) is 18.8. The fourth-order valence-electron chi connectivity index (χ4n) is 8.49. The molecular weight excluding hydrogens is 761 g/mol. The van der Waals surface area contributed by atoms with Gasteiger partial charge in [-0.05, 0) is 69.8 Å². The average Bonchev–Trinajstić information content (AvgIpc) is 4.10. The summed E-state index contributed by atoms with van der Waals surface area (Å²) in [5, 5.41) is 7.55. The number of alkyl carbamates (subject to hydrolysis) is 2. The molecule has 2 saturated heterocycles. The van der Waals surface area contributed by atoms with Gasteiger partial charge in [-0.15, -0.1) is 0 Å². The maximum Gasteiger partial charge on any atom is 0.407 e. The van der Waals surface area contributed by atoms with E-state index in [1.54, 1.807) is 4.90 Å². The largest absolute Gasteiger partial charge is 0.453 e. The number of imidazole rings is 1. The molecule has 4 heterocycles. The Hall–Kier alpha value is -6.49. The van der Waals surface area contributed by atoms with Gasteiger partial charge in [0.15, 0.2) is 0 Å². The van der Waals surface area contributed by atoms with Crippen molar-refractivity contribution in [2.75, 3.05) is 27.3 Å². The van der Waals surface area contributed by atoms with Crippen molar-refractivity contribution >= 4 is 46.1 Å². The van der Waals surface area contributed by atoms with Crippen LogP contribution in [0.2, 0.25) is 0 Å². The van der Waals surface area contributed by atoms with E-state index in [4.69, 9.17) is 26.0 Å². The number of aromatic nitrogens is 2. The van der Waals surface area contributed by atoms with Gasteiger partial charge in [0.05, 0.1) is 51.2 Å². The van der Waals surface area contributed by atoms with Crippen LogP contribution < -0.4 is 10.6 Å². The number of H-pyrrole nitrogens is 1. The number of ether oxygens (including phenoxy) is 2. The van der Waals surface area contributed by atoms with E-state index in [1.165, 1.54) is 14.2 Å². The van der Waals surface area contributed by atoms with Crippen molar-refractivity contribution in [2.24, 2.45) is 16.8 Å². The van der Waals surface area contributed by atoms with Crippen molar-refractivity contribution in [3.63, 3.8) is 0 Å². The third kappa shape index (κ3) is 8.61. The molecule has 60 heavy (non-hydrogen) atoms. The van der Waals surface area contributed by atoms with E-state index in [0.29, 0.717) is 25.9 Å². The summed E-state index contributed by atoms with van der Waals surface area (Å²) in [5.41, 5.74) is 6.93. The highest BCUT2D eigenvalue weighted by atomic mass is 16.5. The monoisotopic (exact) mass is 812 g/mol. The minimum Gasteiger partial charge on any atom is -0.453 e. The molecule has 4 aromatic rings. The summed E-state index contributed by atoms with van der Waals surface area (Å²) in [6.45, 7) is 16.1. The van der Waals surface area contributed by atoms with Gasteiger partial charge in [0.1, 0.15) is 17.9 Å². The second-order valence-electron chi connectivity index (χ2n) is 16.4. The molecule has 0 bridgehead atoms. The van der Waals surface area contributed by atoms with E-state index in [-0.39, 0.29) is 41.8 Å². The molecule has 7 rings (SSSR count). The van der Waals surface area contributed by atoms with Crippen LogP contribution in [-0.2, 0) is 19.1 Å². The van der Waals surface area contributed by atoms with Gasteiger partial charge in [0, 0.05) is 30.4 Å². The predicted octanol–water partition coefficient (Wildman–Crippen LogP) is 7.40. The highest BCUT2D eigenvalue weighted by Gasteiger charge is 2.45. The highest BCUT2D eigenvalue weighted by molar-refractivity contribution is 6.04. The molecule has 1 aromatic heterocycles. The van der Waals surface area contributed by atoms with Crippen molar-refractivity contribution in [3.05, 3.63) is 95.9 Å². The standard InChI is InChI=1S/C46H52N8O6/c1-26(2)40(51-45(57)59-6)43(55)53-18-8-9-38(53)42-49-24-37(50-42)33-17-16-31-19-30(14-15-32(31)20-33)28-10-12-29(13-11-28)34-21-36(48-23-34)39-22-35(47-5)25-54(39)44(56)41(27(3)4)52-46(58)60-7/h10-17,19-20,23-24,26-27,35,38-41H,8-9,18,21-22,25H2,1-4,6-7H3,(H,49,50)(H,51,57)(H,52,58)/t35-,38+,39+,40+,41+/m1/s1. The first-order valence-corrected chi connectivity index (χ1v) is 20.5. The Balaban J connectivity index is 1.01. The Morgan fingerprint density at radius 2 is 1.38 bits per heavy atom. The molecule has 0 aliphatic carbocycles. The number of rotatable bonds is 11. The third-order valence-corrected chi connectivity index (χ3v) is 11.9. The zero-order chi connectivity index (χ0) is 42.7. The van der Waals surface area contributed by atoms with Gasteiger partial charge in [0.2, 0.25) is 17.9 Å². The molecule has 0 radical (unpaired) electrons. The number of nitrogens with one attached hydrogen (secondary N) is 3. The quantitative estimate of drug-likeness (QED) is 0.133. The summed E-state index contributed by atoms with van der Waals surface area (Å²) in [5.74, 6) is 0.0662. The summed E-state index contributed by atoms with van der Waals surface area (Å²) < 4.78 is 9.53. The molecule has 0 spiro atoms. The molecule has 2 fully saturated rings. The molecule has 312 valence electrons. The number of amides is 4. The summed E-state index contributed by atoms with van der Waals surface area (Å²) >= 11 is 0. The van der Waals surface area contributed by atoms with Crippen LogP contribution >= 0.6 is 0 Å². The fourth-order valence-corrected chi connectivity index (χ4v) is 8.49. The maximum absolute atomic E-state index is 13.7. The van der Waals surface area contributed by atoms with Gasteiger partial charge in [-0.3, -0.25) is 14.6 Å². The number of methoxy groups -OCH3 is 2. The van der Waals surface area contributed by atoms with E-state index in [1.807, 2.05) is 45.0 Å². The van der Waals surface area contributed by atoms with E-state index in [0.717, 1.165) is 68.7 Å². The number of fused-ring (bicyclic) bond motifs is 1. The number of benzene rings is 3. The molecule has 3 N–H and O–H groups in total. The van der Waals surface area contributed by atoms with E-state index >= 15 is 0 Å². The Labute approximate surface area is 350 Å². The molecule has 4 amide bonds. The third-order valence-electron chi connectivity index (χ3n) is 11.9. The molecule has 0 unspecified atom stereocenters. The maximum atomic E-state index is 13.7. The lowest BCUT2D eigenvalue weighted by molar-refractivity contribution is -0.135. The lowest BCUT2D eigenvalue weighted by Crippen LogP contribution is -2.53. The van der Waals surface area contributed by atoms with Crippen LogP contribution in [0.5, 0.6) is 0 Å². The van der Waals surface area contributed by atoms with Gasteiger partial charge < -0.3 is 39.7 Å². The number of likely N-dealkylation sites (tertiary alicyclic amines) is 2. The van der Waals surface area contributed by atoms with Crippen molar-refractivity contribution in [1.82, 2.24) is 30.4 Å². The van der Waals surface area contributed by atoms with Crippen LogP contribution in [-0.4, -0.2) is 101 Å². The number of nitrogens with zero attached hydrogens (tertiary/aromatic N) is 5. The van der Waals surface area contributed by atoms with E-state index < -0.39 is 24.3 Å². The zero-order valence-electron chi connectivity index (χ0n) is 34.9. The average molecular weight is 813 g/mol. The number of aromatic amines is 1. The van der Waals surface area contributed by atoms with Gasteiger partial charge in [-0.2, -0.15) is 0 Å². The lowest BCUT2D eigenvalue weighted by Gasteiger charge is -2.30. The molecule has 14 nitrogen and oxygen atoms in total. The summed E-state index contributed by atoms with van der Waals surface area (Å²) in [6.07, 6.45) is 5.07. The molecule has 3 aromatic carbocycles. The van der Waals surface area contributed by atoms with Crippen LogP contribution in [0, 0.1) is 18.4 Å². The molecule has 3 aliphatic heterocycles. The number of hydrogen-bond acceptors (Lipinski definition) is 8. The molecule has 5 atom stereocenters. The lowest BCUT2D eigenvalue weighted by atomic mass is 9.95. The Morgan fingerprint density at radius 1 is 0.800 bits per heavy atom. The number of aliphatic imine (C=N–C) groups is 1. The fraction of sp³-hybridized carbons (Fsp3) is 0.413. The van der Waals surface area contributed by atoms with Gasteiger partial charge >= 0.3 is 12.2 Å². The van der Waals surface area contributed by atoms with Crippen molar-refractivity contribution in [1.29, 1.82) is 0 Å². The van der Waals surface area contributed by atoms with Crippen molar-refractivity contribution < 1.29 is 28.7 Å². The van der Waals surface area contributed by atoms with Crippen LogP contribution in [0.3, 0.4) is 0 Å². The number of carbonyl (C=O) groups excluding carboxylic acids is 4. The molecule has 3 aliphatic rings. The van der Waals surface area contributed by atoms with Gasteiger partial charge in [0.25, 0.3) is 0 Å². The van der Waals surface area contributed by atoms with Gasteiger partial charge in [-0.1, -0.05) is 76.2 Å². The van der Waals surface area contributed by atoms with Crippen LogP contribution in [0.1, 0.15) is 70.8 Å². The number of carbonyl (C=O) groups is 4. The van der Waals surface area contributed by atoms with Crippen LogP contribution in [0.4, 0.5) is 9.59 Å². The van der Waals surface area contributed by atoms with Crippen molar-refractivity contribution in [2.45, 2.75) is 83.6 Å². The summed E-state index contributed by atoms with van der Waals surface area (Å²) in [7, 11) is 2.56. The van der Waals surface area contributed by atoms with E-state index in [9.17, 15) is 19.2 Å². The summed E-state index contributed by atoms with van der Waals surface area (Å²) in [4.78, 5) is 71.6. The molecule has 14 heteroatoms. The number of allylic oxidation sites excluding steroid dienone is 1. The van der Waals surface area contributed by atoms with Gasteiger partial charge in [-0.25, -0.2) is 21.1 Å². The molecule has 0 saturated carbocycles. The Kier molecular flexibility index (Phi) is 12.3.